The van der Waals surface area contributed by atoms with Crippen LogP contribution in [0.15, 0.2) is 0 Å². The SMILES string of the molecule is O=C(CNCC1CC1)NCC1(C(=O)O)CCCC1. The summed E-state index contributed by atoms with van der Waals surface area (Å²) in [5, 5.41) is 15.1. The first-order chi connectivity index (χ1) is 8.62. The summed E-state index contributed by atoms with van der Waals surface area (Å²) in [5.41, 5.74) is -0.716. The number of nitrogens with one attached hydrogen (secondary N) is 2. The fourth-order valence-corrected chi connectivity index (χ4v) is 2.56. The van der Waals surface area contributed by atoms with Gasteiger partial charge in [0, 0.05) is 6.54 Å². The Morgan fingerprint density at radius 3 is 2.44 bits per heavy atom. The Morgan fingerprint density at radius 1 is 1.22 bits per heavy atom. The Morgan fingerprint density at radius 2 is 1.89 bits per heavy atom. The van der Waals surface area contributed by atoms with Gasteiger partial charge < -0.3 is 15.7 Å². The van der Waals surface area contributed by atoms with E-state index in [1.165, 1.54) is 12.8 Å². The van der Waals surface area contributed by atoms with E-state index in [-0.39, 0.29) is 12.5 Å². The van der Waals surface area contributed by atoms with Gasteiger partial charge in [-0.2, -0.15) is 0 Å². The lowest BCUT2D eigenvalue weighted by molar-refractivity contribution is -0.148. The summed E-state index contributed by atoms with van der Waals surface area (Å²) >= 11 is 0. The van der Waals surface area contributed by atoms with E-state index in [1.54, 1.807) is 0 Å². The topological polar surface area (TPSA) is 78.4 Å². The number of hydrogen-bond donors (Lipinski definition) is 3. The Hall–Kier alpha value is -1.10. The van der Waals surface area contributed by atoms with Crippen LogP contribution in [-0.2, 0) is 9.59 Å². The summed E-state index contributed by atoms with van der Waals surface area (Å²) in [6.45, 7) is 1.47. The van der Waals surface area contributed by atoms with Crippen molar-refractivity contribution in [3.63, 3.8) is 0 Å². The monoisotopic (exact) mass is 254 g/mol. The molecule has 2 fully saturated rings. The van der Waals surface area contributed by atoms with Gasteiger partial charge in [0.1, 0.15) is 0 Å². The molecule has 2 rings (SSSR count). The van der Waals surface area contributed by atoms with Crippen LogP contribution in [0.5, 0.6) is 0 Å². The minimum Gasteiger partial charge on any atom is -0.481 e. The van der Waals surface area contributed by atoms with Crippen LogP contribution in [0.3, 0.4) is 0 Å². The summed E-state index contributed by atoms with van der Waals surface area (Å²) in [6, 6.07) is 0. The largest absolute Gasteiger partial charge is 0.481 e. The van der Waals surface area contributed by atoms with Crippen molar-refractivity contribution in [1.82, 2.24) is 10.6 Å². The quantitative estimate of drug-likeness (QED) is 0.626. The molecule has 0 atom stereocenters. The summed E-state index contributed by atoms with van der Waals surface area (Å²) in [7, 11) is 0. The second-order valence-corrected chi connectivity index (χ2v) is 5.64. The maximum atomic E-state index is 11.6. The molecular formula is C13H22N2O3. The standard InChI is InChI=1S/C13H22N2O3/c16-11(8-14-7-10-3-4-10)15-9-13(12(17)18)5-1-2-6-13/h10,14H,1-9H2,(H,15,16)(H,17,18). The lowest BCUT2D eigenvalue weighted by atomic mass is 9.86. The van der Waals surface area contributed by atoms with E-state index in [1.807, 2.05) is 0 Å². The van der Waals surface area contributed by atoms with E-state index in [0.717, 1.165) is 25.3 Å². The highest BCUT2D eigenvalue weighted by atomic mass is 16.4. The predicted octanol–water partition coefficient (Wildman–Crippen LogP) is 0.747. The highest BCUT2D eigenvalue weighted by Gasteiger charge is 2.41. The normalized spacial score (nSPS) is 21.8. The average molecular weight is 254 g/mol. The number of rotatable bonds is 7. The molecule has 0 unspecified atom stereocenters. The van der Waals surface area contributed by atoms with Crippen LogP contribution in [0.1, 0.15) is 38.5 Å². The van der Waals surface area contributed by atoms with Gasteiger partial charge in [-0.25, -0.2) is 0 Å². The van der Waals surface area contributed by atoms with Crippen molar-refractivity contribution in [2.45, 2.75) is 38.5 Å². The molecule has 2 aliphatic rings. The molecule has 5 heteroatoms. The Kier molecular flexibility index (Phi) is 4.22. The van der Waals surface area contributed by atoms with Crippen molar-refractivity contribution >= 4 is 11.9 Å². The van der Waals surface area contributed by atoms with Crippen molar-refractivity contribution in [2.24, 2.45) is 11.3 Å². The van der Waals surface area contributed by atoms with Crippen LogP contribution >= 0.6 is 0 Å². The van der Waals surface area contributed by atoms with Gasteiger partial charge in [0.2, 0.25) is 5.91 Å². The van der Waals surface area contributed by atoms with Gasteiger partial charge >= 0.3 is 5.97 Å². The number of hydrogen-bond acceptors (Lipinski definition) is 3. The smallest absolute Gasteiger partial charge is 0.311 e. The number of amides is 1. The van der Waals surface area contributed by atoms with Crippen molar-refractivity contribution in [3.8, 4) is 0 Å². The lowest BCUT2D eigenvalue weighted by Crippen LogP contribution is -2.44. The van der Waals surface area contributed by atoms with Gasteiger partial charge in [-0.05, 0) is 38.1 Å². The molecule has 0 spiro atoms. The summed E-state index contributed by atoms with van der Waals surface area (Å²) < 4.78 is 0. The fourth-order valence-electron chi connectivity index (χ4n) is 2.56. The van der Waals surface area contributed by atoms with Crippen molar-refractivity contribution in [3.05, 3.63) is 0 Å². The first-order valence-corrected chi connectivity index (χ1v) is 6.83. The Balaban J connectivity index is 1.68. The molecule has 0 aliphatic heterocycles. The van der Waals surface area contributed by atoms with Crippen molar-refractivity contribution < 1.29 is 14.7 Å². The van der Waals surface area contributed by atoms with Crippen LogP contribution in [-0.4, -0.2) is 36.6 Å². The van der Waals surface area contributed by atoms with E-state index in [0.29, 0.717) is 19.4 Å². The zero-order valence-electron chi connectivity index (χ0n) is 10.7. The minimum atomic E-state index is -0.772. The molecule has 0 bridgehead atoms. The zero-order chi connectivity index (χ0) is 13.0. The molecule has 0 heterocycles. The van der Waals surface area contributed by atoms with E-state index < -0.39 is 11.4 Å². The fraction of sp³-hybridized carbons (Fsp3) is 0.846. The molecule has 2 aliphatic carbocycles. The van der Waals surface area contributed by atoms with E-state index in [9.17, 15) is 14.7 Å². The van der Waals surface area contributed by atoms with Gasteiger partial charge in [0.15, 0.2) is 0 Å². The lowest BCUT2D eigenvalue weighted by Gasteiger charge is -2.24. The first kappa shape index (κ1) is 13.3. The van der Waals surface area contributed by atoms with Gasteiger partial charge in [0.25, 0.3) is 0 Å². The maximum Gasteiger partial charge on any atom is 0.311 e. The van der Waals surface area contributed by atoms with Gasteiger partial charge in [0.05, 0.1) is 12.0 Å². The van der Waals surface area contributed by atoms with Crippen LogP contribution in [0.4, 0.5) is 0 Å². The minimum absolute atomic E-state index is 0.0943. The van der Waals surface area contributed by atoms with Gasteiger partial charge in [-0.15, -0.1) is 0 Å². The van der Waals surface area contributed by atoms with E-state index >= 15 is 0 Å². The van der Waals surface area contributed by atoms with Crippen LogP contribution in [0.25, 0.3) is 0 Å². The molecule has 102 valence electrons. The van der Waals surface area contributed by atoms with Gasteiger partial charge in [-0.3, -0.25) is 9.59 Å². The van der Waals surface area contributed by atoms with E-state index in [4.69, 9.17) is 0 Å². The van der Waals surface area contributed by atoms with Crippen LogP contribution < -0.4 is 10.6 Å². The summed E-state index contributed by atoms with van der Waals surface area (Å²) in [5.74, 6) is -0.118. The highest BCUT2D eigenvalue weighted by Crippen LogP contribution is 2.37. The third-order valence-electron chi connectivity index (χ3n) is 4.05. The predicted molar refractivity (Wildman–Crippen MR) is 67.1 cm³/mol. The highest BCUT2D eigenvalue weighted by molar-refractivity contribution is 5.80. The van der Waals surface area contributed by atoms with Crippen molar-refractivity contribution in [1.29, 1.82) is 0 Å². The number of aliphatic carboxylic acids is 1. The second kappa shape index (κ2) is 5.69. The zero-order valence-corrected chi connectivity index (χ0v) is 10.7. The Bertz CT molecular complexity index is 320. The third-order valence-corrected chi connectivity index (χ3v) is 4.05. The molecule has 18 heavy (non-hydrogen) atoms. The Labute approximate surface area is 107 Å². The molecular weight excluding hydrogens is 232 g/mol. The molecule has 3 N–H and O–H groups in total. The third kappa shape index (κ3) is 3.45. The van der Waals surface area contributed by atoms with Crippen LogP contribution in [0, 0.1) is 11.3 Å². The number of carboxylic acid groups (broad SMARTS) is 1. The second-order valence-electron chi connectivity index (χ2n) is 5.64. The van der Waals surface area contributed by atoms with Crippen molar-refractivity contribution in [2.75, 3.05) is 19.6 Å². The molecule has 0 aromatic heterocycles. The molecule has 5 nitrogen and oxygen atoms in total. The molecule has 2 saturated carbocycles. The maximum absolute atomic E-state index is 11.6. The average Bonchev–Trinajstić information content (AvgIpc) is 3.03. The van der Waals surface area contributed by atoms with E-state index in [2.05, 4.69) is 10.6 Å². The first-order valence-electron chi connectivity index (χ1n) is 6.83. The van der Waals surface area contributed by atoms with Crippen LogP contribution in [0.2, 0.25) is 0 Å². The molecule has 1 amide bonds. The summed E-state index contributed by atoms with van der Waals surface area (Å²) in [4.78, 5) is 22.9. The summed E-state index contributed by atoms with van der Waals surface area (Å²) in [6.07, 6.45) is 5.77. The van der Waals surface area contributed by atoms with Gasteiger partial charge in [-0.1, -0.05) is 12.8 Å². The number of carbonyl (C=O) groups excluding carboxylic acids is 1. The molecule has 0 aromatic carbocycles. The molecule has 0 radical (unpaired) electrons. The number of carbonyl (C=O) groups is 2. The molecule has 0 aromatic rings. The molecule has 0 saturated heterocycles. The number of carboxylic acids is 1.